The normalized spacial score (nSPS) is 12.2. The first kappa shape index (κ1) is 21.4. The fraction of sp³-hybridized carbons (Fsp3) is 0.125. The molecule has 0 amide bonds. The van der Waals surface area contributed by atoms with E-state index in [1.54, 1.807) is 27.4 Å². The molecule has 1 atom stereocenters. The standard InChI is InChI=1S/C24H19ClN6OS/c1-15-8-6-7-11-21(15)30-23(32)19-13-12-17(25)14-20(19)26-24(30)33-16(2)22-27-28-29-31(22)18-9-4-3-5-10-18/h3-14,16H,1-2H3. The van der Waals surface area contributed by atoms with Gasteiger partial charge in [0.05, 0.1) is 27.5 Å². The van der Waals surface area contributed by atoms with Gasteiger partial charge >= 0.3 is 0 Å². The molecule has 0 spiro atoms. The monoisotopic (exact) mass is 474 g/mol. The predicted molar refractivity (Wildman–Crippen MR) is 131 cm³/mol. The number of benzene rings is 3. The second-order valence-corrected chi connectivity index (χ2v) is 9.27. The van der Waals surface area contributed by atoms with Gasteiger partial charge in [-0.1, -0.05) is 59.8 Å². The molecule has 2 aromatic heterocycles. The Hall–Kier alpha value is -3.49. The summed E-state index contributed by atoms with van der Waals surface area (Å²) in [4.78, 5) is 18.4. The van der Waals surface area contributed by atoms with E-state index in [0.717, 1.165) is 16.9 Å². The van der Waals surface area contributed by atoms with E-state index in [1.807, 2.05) is 68.4 Å². The van der Waals surface area contributed by atoms with E-state index in [1.165, 1.54) is 11.8 Å². The Labute approximate surface area is 199 Å². The van der Waals surface area contributed by atoms with Crippen molar-refractivity contribution in [2.75, 3.05) is 0 Å². The molecule has 0 bridgehead atoms. The molecule has 0 aliphatic carbocycles. The van der Waals surface area contributed by atoms with Crippen LogP contribution in [-0.4, -0.2) is 29.8 Å². The Morgan fingerprint density at radius 3 is 2.55 bits per heavy atom. The van der Waals surface area contributed by atoms with Gasteiger partial charge in [-0.3, -0.25) is 9.36 Å². The predicted octanol–water partition coefficient (Wildman–Crippen LogP) is 5.18. The number of halogens is 1. The molecule has 0 aliphatic heterocycles. The Balaban J connectivity index is 1.66. The average molecular weight is 475 g/mol. The highest BCUT2D eigenvalue weighted by molar-refractivity contribution is 7.99. The van der Waals surface area contributed by atoms with E-state index in [-0.39, 0.29) is 10.8 Å². The van der Waals surface area contributed by atoms with Gasteiger partial charge in [0, 0.05) is 5.02 Å². The summed E-state index contributed by atoms with van der Waals surface area (Å²) in [7, 11) is 0. The summed E-state index contributed by atoms with van der Waals surface area (Å²) < 4.78 is 3.36. The molecule has 164 valence electrons. The van der Waals surface area contributed by atoms with Crippen LogP contribution in [-0.2, 0) is 0 Å². The topological polar surface area (TPSA) is 78.5 Å². The molecule has 1 unspecified atom stereocenters. The number of hydrogen-bond acceptors (Lipinski definition) is 6. The van der Waals surface area contributed by atoms with Crippen LogP contribution in [0.5, 0.6) is 0 Å². The molecule has 0 saturated carbocycles. The van der Waals surface area contributed by atoms with Crippen LogP contribution in [0.25, 0.3) is 22.3 Å². The van der Waals surface area contributed by atoms with Crippen LogP contribution in [0, 0.1) is 6.92 Å². The van der Waals surface area contributed by atoms with Crippen LogP contribution in [0.4, 0.5) is 0 Å². The lowest BCUT2D eigenvalue weighted by molar-refractivity contribution is 0.758. The van der Waals surface area contributed by atoms with Gasteiger partial charge in [0.15, 0.2) is 11.0 Å². The third-order valence-corrected chi connectivity index (χ3v) is 6.58. The lowest BCUT2D eigenvalue weighted by Gasteiger charge is -2.17. The van der Waals surface area contributed by atoms with E-state index in [2.05, 4.69) is 15.5 Å². The van der Waals surface area contributed by atoms with Crippen molar-refractivity contribution in [3.63, 3.8) is 0 Å². The van der Waals surface area contributed by atoms with Crippen molar-refractivity contribution in [2.24, 2.45) is 0 Å². The lowest BCUT2D eigenvalue weighted by atomic mass is 10.2. The first-order valence-corrected chi connectivity index (χ1v) is 11.6. The highest BCUT2D eigenvalue weighted by Crippen LogP contribution is 2.35. The summed E-state index contributed by atoms with van der Waals surface area (Å²) in [5.74, 6) is 0.656. The van der Waals surface area contributed by atoms with E-state index in [9.17, 15) is 4.79 Å². The van der Waals surface area contributed by atoms with Gasteiger partial charge in [-0.2, -0.15) is 4.68 Å². The van der Waals surface area contributed by atoms with Crippen LogP contribution in [0.3, 0.4) is 0 Å². The summed E-state index contributed by atoms with van der Waals surface area (Å²) in [6.45, 7) is 3.97. The van der Waals surface area contributed by atoms with Gasteiger partial charge in [0.1, 0.15) is 0 Å². The molecule has 0 fully saturated rings. The molecule has 7 nitrogen and oxygen atoms in total. The molecule has 0 radical (unpaired) electrons. The van der Waals surface area contributed by atoms with Crippen molar-refractivity contribution >= 4 is 34.3 Å². The summed E-state index contributed by atoms with van der Waals surface area (Å²) in [5, 5.41) is 13.7. The van der Waals surface area contributed by atoms with Crippen LogP contribution in [0.15, 0.2) is 82.7 Å². The molecule has 0 saturated heterocycles. The van der Waals surface area contributed by atoms with Gasteiger partial charge in [-0.15, -0.1) is 5.10 Å². The van der Waals surface area contributed by atoms with Gasteiger partial charge in [0.25, 0.3) is 5.56 Å². The zero-order valence-electron chi connectivity index (χ0n) is 17.9. The SMILES string of the molecule is Cc1ccccc1-n1c(SC(C)c2nnnn2-c2ccccc2)nc2cc(Cl)ccc2c1=O. The smallest absolute Gasteiger partial charge is 0.266 e. The van der Waals surface area contributed by atoms with Crippen molar-refractivity contribution in [2.45, 2.75) is 24.3 Å². The number of rotatable bonds is 5. The minimum absolute atomic E-state index is 0.150. The number of thioether (sulfide) groups is 1. The maximum atomic E-state index is 13.6. The quantitative estimate of drug-likeness (QED) is 0.258. The largest absolute Gasteiger partial charge is 0.268 e. The molecule has 3 aromatic carbocycles. The van der Waals surface area contributed by atoms with Crippen molar-refractivity contribution in [1.82, 2.24) is 29.8 Å². The summed E-state index contributed by atoms with van der Waals surface area (Å²) in [6, 6.07) is 22.6. The minimum Gasteiger partial charge on any atom is -0.268 e. The zero-order chi connectivity index (χ0) is 22.9. The molecule has 5 aromatic rings. The van der Waals surface area contributed by atoms with Crippen LogP contribution >= 0.6 is 23.4 Å². The molecule has 9 heteroatoms. The van der Waals surface area contributed by atoms with Crippen LogP contribution in [0.1, 0.15) is 23.6 Å². The van der Waals surface area contributed by atoms with Gasteiger partial charge in [0.2, 0.25) is 0 Å². The number of aryl methyl sites for hydroxylation is 1. The van der Waals surface area contributed by atoms with Crippen LogP contribution in [0.2, 0.25) is 5.02 Å². The van der Waals surface area contributed by atoms with Gasteiger partial charge in [-0.25, -0.2) is 4.98 Å². The fourth-order valence-electron chi connectivity index (χ4n) is 3.66. The molecular weight excluding hydrogens is 456 g/mol. The van der Waals surface area contributed by atoms with Crippen LogP contribution < -0.4 is 5.56 Å². The number of nitrogens with zero attached hydrogens (tertiary/aromatic N) is 6. The van der Waals surface area contributed by atoms with E-state index in [4.69, 9.17) is 16.6 Å². The number of para-hydroxylation sites is 2. The minimum atomic E-state index is -0.195. The second-order valence-electron chi connectivity index (χ2n) is 7.53. The Kier molecular flexibility index (Phi) is 5.70. The molecule has 0 aliphatic rings. The molecule has 5 rings (SSSR count). The van der Waals surface area contributed by atoms with E-state index < -0.39 is 0 Å². The highest BCUT2D eigenvalue weighted by Gasteiger charge is 2.22. The molecular formula is C24H19ClN6OS. The first-order valence-electron chi connectivity index (χ1n) is 10.3. The number of aromatic nitrogens is 6. The number of hydrogen-bond donors (Lipinski definition) is 0. The maximum absolute atomic E-state index is 13.6. The third kappa shape index (κ3) is 4.03. The van der Waals surface area contributed by atoms with Gasteiger partial charge < -0.3 is 0 Å². The van der Waals surface area contributed by atoms with E-state index in [0.29, 0.717) is 26.9 Å². The second kappa shape index (κ2) is 8.80. The Bertz CT molecular complexity index is 1510. The van der Waals surface area contributed by atoms with Crippen molar-refractivity contribution in [3.8, 4) is 11.4 Å². The summed E-state index contributed by atoms with van der Waals surface area (Å²) >= 11 is 7.62. The number of tetrazole rings is 1. The van der Waals surface area contributed by atoms with Crippen molar-refractivity contribution < 1.29 is 0 Å². The average Bonchev–Trinajstić information content (AvgIpc) is 3.31. The summed E-state index contributed by atoms with van der Waals surface area (Å²) in [5.41, 5.74) is 3.01. The zero-order valence-corrected chi connectivity index (χ0v) is 19.5. The molecule has 2 heterocycles. The Morgan fingerprint density at radius 1 is 1.00 bits per heavy atom. The molecule has 33 heavy (non-hydrogen) atoms. The first-order chi connectivity index (χ1) is 16.0. The van der Waals surface area contributed by atoms with Gasteiger partial charge in [-0.05, 0) is 66.2 Å². The highest BCUT2D eigenvalue weighted by atomic mass is 35.5. The fourth-order valence-corrected chi connectivity index (χ4v) is 4.83. The number of fused-ring (bicyclic) bond motifs is 1. The molecule has 0 N–H and O–H groups in total. The van der Waals surface area contributed by atoms with Crippen molar-refractivity contribution in [3.05, 3.63) is 99.6 Å². The summed E-state index contributed by atoms with van der Waals surface area (Å²) in [6.07, 6.45) is 0. The van der Waals surface area contributed by atoms with Crippen molar-refractivity contribution in [1.29, 1.82) is 0 Å². The Morgan fingerprint density at radius 2 is 1.76 bits per heavy atom. The maximum Gasteiger partial charge on any atom is 0.266 e. The third-order valence-electron chi connectivity index (χ3n) is 5.30. The lowest BCUT2D eigenvalue weighted by Crippen LogP contribution is -2.23. The van der Waals surface area contributed by atoms with E-state index >= 15 is 0 Å².